The highest BCUT2D eigenvalue weighted by atomic mass is 16.5. The maximum atomic E-state index is 13.0. The Morgan fingerprint density at radius 3 is 3.28 bits per heavy atom. The van der Waals surface area contributed by atoms with Crippen LogP contribution < -0.4 is 4.74 Å². The van der Waals surface area contributed by atoms with Gasteiger partial charge in [0.15, 0.2) is 0 Å². The molecule has 2 aliphatic rings. The molecule has 136 valence electrons. The van der Waals surface area contributed by atoms with Crippen LogP contribution in [0, 0.1) is 5.41 Å². The van der Waals surface area contributed by atoms with Gasteiger partial charge in [0, 0.05) is 31.3 Å². The Hall–Kier alpha value is -1.92. The molecule has 6 heteroatoms. The Morgan fingerprint density at radius 2 is 2.48 bits per heavy atom. The van der Waals surface area contributed by atoms with E-state index in [0.29, 0.717) is 37.7 Å². The van der Waals surface area contributed by atoms with Crippen molar-refractivity contribution in [3.63, 3.8) is 0 Å². The predicted molar refractivity (Wildman–Crippen MR) is 93.7 cm³/mol. The van der Waals surface area contributed by atoms with Crippen LogP contribution in [0.4, 0.5) is 0 Å². The highest BCUT2D eigenvalue weighted by Gasteiger charge is 2.47. The van der Waals surface area contributed by atoms with Gasteiger partial charge in [0.1, 0.15) is 5.56 Å². The zero-order valence-electron chi connectivity index (χ0n) is 14.8. The van der Waals surface area contributed by atoms with E-state index in [0.717, 1.165) is 25.9 Å². The standard InChI is InChI=1S/C19H26N2O4/c1-3-11-24-14-19-8-5-12-25-16(19)7-10-21(13-19)18(22)15-6-4-9-20-17(15)23-2/h3-4,6,9,16H,1,5,7-8,10-14H2,2H3/t16-,19-/m0/s1. The van der Waals surface area contributed by atoms with E-state index in [1.165, 1.54) is 7.11 Å². The molecule has 3 rings (SSSR count). The molecule has 0 N–H and O–H groups in total. The van der Waals surface area contributed by atoms with Crippen molar-refractivity contribution < 1.29 is 19.0 Å². The Bertz CT molecular complexity index is 621. The van der Waals surface area contributed by atoms with Crippen molar-refractivity contribution >= 4 is 5.91 Å². The lowest BCUT2D eigenvalue weighted by Crippen LogP contribution is -2.58. The smallest absolute Gasteiger partial charge is 0.259 e. The quantitative estimate of drug-likeness (QED) is 0.584. The fourth-order valence-corrected chi connectivity index (χ4v) is 3.91. The van der Waals surface area contributed by atoms with Crippen molar-refractivity contribution in [3.05, 3.63) is 36.5 Å². The van der Waals surface area contributed by atoms with Gasteiger partial charge in [0.25, 0.3) is 5.91 Å². The summed E-state index contributed by atoms with van der Waals surface area (Å²) in [5.74, 6) is 0.323. The van der Waals surface area contributed by atoms with Gasteiger partial charge in [0.05, 0.1) is 26.4 Å². The molecule has 3 heterocycles. The van der Waals surface area contributed by atoms with Gasteiger partial charge in [-0.1, -0.05) is 6.08 Å². The normalized spacial score (nSPS) is 26.0. The summed E-state index contributed by atoms with van der Waals surface area (Å²) in [6, 6.07) is 3.52. The molecule has 0 spiro atoms. The number of carbonyl (C=O) groups excluding carboxylic acids is 1. The Balaban J connectivity index is 1.79. The first kappa shape index (κ1) is 17.9. The summed E-state index contributed by atoms with van der Waals surface area (Å²) in [5.41, 5.74) is 0.354. The molecule has 6 nitrogen and oxygen atoms in total. The lowest BCUT2D eigenvalue weighted by Gasteiger charge is -2.50. The summed E-state index contributed by atoms with van der Waals surface area (Å²) >= 11 is 0. The average molecular weight is 346 g/mol. The fourth-order valence-electron chi connectivity index (χ4n) is 3.91. The highest BCUT2D eigenvalue weighted by Crippen LogP contribution is 2.41. The number of amides is 1. The largest absolute Gasteiger partial charge is 0.480 e. The minimum atomic E-state index is -0.148. The summed E-state index contributed by atoms with van der Waals surface area (Å²) in [6.07, 6.45) is 6.34. The summed E-state index contributed by atoms with van der Waals surface area (Å²) in [4.78, 5) is 19.1. The summed E-state index contributed by atoms with van der Waals surface area (Å²) < 4.78 is 17.1. The van der Waals surface area contributed by atoms with Crippen molar-refractivity contribution in [2.24, 2.45) is 5.41 Å². The number of likely N-dealkylation sites (tertiary alicyclic amines) is 1. The number of hydrogen-bond donors (Lipinski definition) is 0. The fraction of sp³-hybridized carbons (Fsp3) is 0.579. The first-order valence-corrected chi connectivity index (χ1v) is 8.79. The van der Waals surface area contributed by atoms with E-state index in [-0.39, 0.29) is 17.4 Å². The zero-order chi connectivity index (χ0) is 17.7. The first-order valence-electron chi connectivity index (χ1n) is 8.79. The SMILES string of the molecule is C=CCOC[C@@]12CCCO[C@H]1CCN(C(=O)c1cccnc1OC)C2. The molecular formula is C19H26N2O4. The molecule has 0 aliphatic carbocycles. The zero-order valence-corrected chi connectivity index (χ0v) is 14.8. The van der Waals surface area contributed by atoms with Crippen LogP contribution in [-0.4, -0.2) is 61.9 Å². The third-order valence-corrected chi connectivity index (χ3v) is 5.10. The van der Waals surface area contributed by atoms with Crippen LogP contribution >= 0.6 is 0 Å². The number of nitrogens with zero attached hydrogens (tertiary/aromatic N) is 2. The number of carbonyl (C=O) groups is 1. The molecule has 0 radical (unpaired) electrons. The van der Waals surface area contributed by atoms with Gasteiger partial charge in [-0.3, -0.25) is 4.79 Å². The number of hydrogen-bond acceptors (Lipinski definition) is 5. The van der Waals surface area contributed by atoms with Crippen LogP contribution in [0.25, 0.3) is 0 Å². The van der Waals surface area contributed by atoms with Crippen LogP contribution in [0.15, 0.2) is 31.0 Å². The Labute approximate surface area is 148 Å². The molecule has 0 bridgehead atoms. The molecule has 0 aromatic carbocycles. The third-order valence-electron chi connectivity index (χ3n) is 5.10. The molecule has 2 aliphatic heterocycles. The molecule has 25 heavy (non-hydrogen) atoms. The second kappa shape index (κ2) is 7.97. The van der Waals surface area contributed by atoms with Crippen LogP contribution in [0.1, 0.15) is 29.6 Å². The summed E-state index contributed by atoms with van der Waals surface area (Å²) in [7, 11) is 1.53. The van der Waals surface area contributed by atoms with E-state index >= 15 is 0 Å². The monoisotopic (exact) mass is 346 g/mol. The number of piperidine rings is 1. The second-order valence-electron chi connectivity index (χ2n) is 6.70. The van der Waals surface area contributed by atoms with Crippen LogP contribution in [-0.2, 0) is 9.47 Å². The lowest BCUT2D eigenvalue weighted by molar-refractivity contribution is -0.144. The molecule has 2 saturated heterocycles. The minimum Gasteiger partial charge on any atom is -0.480 e. The number of methoxy groups -OCH3 is 1. The van der Waals surface area contributed by atoms with E-state index in [1.807, 2.05) is 4.90 Å². The minimum absolute atomic E-state index is 0.0444. The Morgan fingerprint density at radius 1 is 1.60 bits per heavy atom. The maximum Gasteiger partial charge on any atom is 0.259 e. The van der Waals surface area contributed by atoms with E-state index in [1.54, 1.807) is 24.4 Å². The number of aromatic nitrogens is 1. The molecule has 1 amide bonds. The number of pyridine rings is 1. The van der Waals surface area contributed by atoms with E-state index in [4.69, 9.17) is 14.2 Å². The third kappa shape index (κ3) is 3.70. The molecule has 2 fully saturated rings. The van der Waals surface area contributed by atoms with Gasteiger partial charge in [-0.05, 0) is 31.4 Å². The number of fused-ring (bicyclic) bond motifs is 1. The molecule has 2 atom stereocenters. The van der Waals surface area contributed by atoms with Gasteiger partial charge in [-0.25, -0.2) is 4.98 Å². The molecule has 0 saturated carbocycles. The second-order valence-corrected chi connectivity index (χ2v) is 6.70. The topological polar surface area (TPSA) is 60.9 Å². The van der Waals surface area contributed by atoms with E-state index < -0.39 is 0 Å². The molecule has 0 unspecified atom stereocenters. The summed E-state index contributed by atoms with van der Waals surface area (Å²) in [6.45, 7) is 6.89. The maximum absolute atomic E-state index is 13.0. The lowest BCUT2D eigenvalue weighted by atomic mass is 9.73. The molecule has 1 aromatic rings. The van der Waals surface area contributed by atoms with E-state index in [9.17, 15) is 4.79 Å². The van der Waals surface area contributed by atoms with Crippen LogP contribution in [0.2, 0.25) is 0 Å². The number of ether oxygens (including phenoxy) is 3. The van der Waals surface area contributed by atoms with Gasteiger partial charge in [-0.15, -0.1) is 6.58 Å². The van der Waals surface area contributed by atoms with Crippen molar-refractivity contribution in [1.29, 1.82) is 0 Å². The van der Waals surface area contributed by atoms with Gasteiger partial charge in [0.2, 0.25) is 5.88 Å². The first-order chi connectivity index (χ1) is 12.2. The van der Waals surface area contributed by atoms with Crippen molar-refractivity contribution in [1.82, 2.24) is 9.88 Å². The summed E-state index contributed by atoms with van der Waals surface area (Å²) in [5, 5.41) is 0. The molecular weight excluding hydrogens is 320 g/mol. The molecule has 1 aromatic heterocycles. The average Bonchev–Trinajstić information content (AvgIpc) is 2.67. The van der Waals surface area contributed by atoms with E-state index in [2.05, 4.69) is 11.6 Å². The Kier molecular flexibility index (Phi) is 5.71. The van der Waals surface area contributed by atoms with Gasteiger partial charge < -0.3 is 19.1 Å². The van der Waals surface area contributed by atoms with Crippen LogP contribution in [0.3, 0.4) is 0 Å². The van der Waals surface area contributed by atoms with Crippen LogP contribution in [0.5, 0.6) is 5.88 Å². The van der Waals surface area contributed by atoms with Gasteiger partial charge >= 0.3 is 0 Å². The van der Waals surface area contributed by atoms with Crippen molar-refractivity contribution in [2.45, 2.75) is 25.4 Å². The van der Waals surface area contributed by atoms with Crippen molar-refractivity contribution in [3.8, 4) is 5.88 Å². The highest BCUT2D eigenvalue weighted by molar-refractivity contribution is 5.96. The number of rotatable bonds is 6. The van der Waals surface area contributed by atoms with Gasteiger partial charge in [-0.2, -0.15) is 0 Å². The predicted octanol–water partition coefficient (Wildman–Crippen LogP) is 2.30. The van der Waals surface area contributed by atoms with Crippen molar-refractivity contribution in [2.75, 3.05) is 40.0 Å².